The number of nitrogens with zero attached hydrogens (tertiary/aromatic N) is 4. The molecule has 2 aromatic carbocycles. The molecule has 0 unspecified atom stereocenters. The average molecular weight is 350 g/mol. The Balaban J connectivity index is 1.86. The zero-order valence-electron chi connectivity index (χ0n) is 14.1. The van der Waals surface area contributed by atoms with E-state index in [0.29, 0.717) is 5.56 Å². The van der Waals surface area contributed by atoms with Gasteiger partial charge in [0.05, 0.1) is 24.3 Å². The molecule has 0 saturated carbocycles. The SMILES string of the molecule is CCn1c(SCc2cccc(C#N)c2)nnc1-c1ccccc1OC. The zero-order valence-corrected chi connectivity index (χ0v) is 15.0. The molecule has 0 atom stereocenters. The van der Waals surface area contributed by atoms with Gasteiger partial charge in [0.25, 0.3) is 0 Å². The summed E-state index contributed by atoms with van der Waals surface area (Å²) in [6.45, 7) is 2.84. The van der Waals surface area contributed by atoms with Crippen molar-refractivity contribution in [2.45, 2.75) is 24.4 Å². The Hall–Kier alpha value is -2.78. The summed E-state index contributed by atoms with van der Waals surface area (Å²) in [5.74, 6) is 2.32. The second kappa shape index (κ2) is 7.86. The Kier molecular flexibility index (Phi) is 5.36. The maximum absolute atomic E-state index is 9.01. The van der Waals surface area contributed by atoms with E-state index < -0.39 is 0 Å². The van der Waals surface area contributed by atoms with E-state index in [2.05, 4.69) is 27.8 Å². The molecule has 0 aliphatic heterocycles. The molecule has 25 heavy (non-hydrogen) atoms. The monoisotopic (exact) mass is 350 g/mol. The number of benzene rings is 2. The first-order chi connectivity index (χ1) is 12.3. The van der Waals surface area contributed by atoms with E-state index in [1.807, 2.05) is 48.5 Å². The van der Waals surface area contributed by atoms with Crippen molar-refractivity contribution in [3.05, 3.63) is 59.7 Å². The fourth-order valence-electron chi connectivity index (χ4n) is 2.59. The minimum Gasteiger partial charge on any atom is -0.496 e. The quantitative estimate of drug-likeness (QED) is 0.625. The number of thioether (sulfide) groups is 1. The van der Waals surface area contributed by atoms with Crippen molar-refractivity contribution in [2.24, 2.45) is 0 Å². The van der Waals surface area contributed by atoms with Gasteiger partial charge < -0.3 is 9.30 Å². The number of para-hydroxylation sites is 1. The topological polar surface area (TPSA) is 63.7 Å². The van der Waals surface area contributed by atoms with Crippen LogP contribution in [0.25, 0.3) is 11.4 Å². The lowest BCUT2D eigenvalue weighted by atomic mass is 10.2. The predicted octanol–water partition coefficient (Wildman–Crippen LogP) is 4.14. The van der Waals surface area contributed by atoms with E-state index in [9.17, 15) is 0 Å². The molecule has 5 nitrogen and oxygen atoms in total. The molecule has 0 aliphatic rings. The smallest absolute Gasteiger partial charge is 0.191 e. The van der Waals surface area contributed by atoms with Crippen molar-refractivity contribution in [3.8, 4) is 23.2 Å². The summed E-state index contributed by atoms with van der Waals surface area (Å²) in [7, 11) is 1.66. The van der Waals surface area contributed by atoms with Crippen LogP contribution in [0.5, 0.6) is 5.75 Å². The van der Waals surface area contributed by atoms with Crippen molar-refractivity contribution in [1.29, 1.82) is 5.26 Å². The Morgan fingerprint density at radius 2 is 2.00 bits per heavy atom. The maximum Gasteiger partial charge on any atom is 0.191 e. The van der Waals surface area contributed by atoms with Gasteiger partial charge in [-0.05, 0) is 36.8 Å². The maximum atomic E-state index is 9.01. The minimum absolute atomic E-state index is 0.671. The Morgan fingerprint density at radius 3 is 2.76 bits per heavy atom. The van der Waals surface area contributed by atoms with E-state index in [0.717, 1.165) is 40.2 Å². The average Bonchev–Trinajstić information content (AvgIpc) is 3.09. The number of hydrogen-bond acceptors (Lipinski definition) is 5. The first kappa shape index (κ1) is 17.1. The molecule has 1 aromatic heterocycles. The standard InChI is InChI=1S/C19H18N4OS/c1-3-23-18(16-9-4-5-10-17(16)24-2)21-22-19(23)25-13-15-8-6-7-14(11-15)12-20/h4-11H,3,13H2,1-2H3. The highest BCUT2D eigenvalue weighted by atomic mass is 32.2. The lowest BCUT2D eigenvalue weighted by Gasteiger charge is -2.10. The van der Waals surface area contributed by atoms with Crippen LogP contribution in [0.2, 0.25) is 0 Å². The normalized spacial score (nSPS) is 10.4. The van der Waals surface area contributed by atoms with Gasteiger partial charge in [0.1, 0.15) is 5.75 Å². The Bertz CT molecular complexity index is 914. The van der Waals surface area contributed by atoms with Crippen LogP contribution in [0, 0.1) is 11.3 Å². The van der Waals surface area contributed by atoms with Gasteiger partial charge in [-0.25, -0.2) is 0 Å². The molecule has 0 amide bonds. The molecular formula is C19H18N4OS. The summed E-state index contributed by atoms with van der Waals surface area (Å²) in [4.78, 5) is 0. The third kappa shape index (κ3) is 3.67. The highest BCUT2D eigenvalue weighted by Gasteiger charge is 2.16. The first-order valence-corrected chi connectivity index (χ1v) is 8.93. The van der Waals surface area contributed by atoms with Gasteiger partial charge in [0.15, 0.2) is 11.0 Å². The van der Waals surface area contributed by atoms with Crippen LogP contribution >= 0.6 is 11.8 Å². The zero-order chi connectivity index (χ0) is 17.6. The van der Waals surface area contributed by atoms with Crippen molar-refractivity contribution >= 4 is 11.8 Å². The summed E-state index contributed by atoms with van der Waals surface area (Å²) in [6, 6.07) is 17.6. The van der Waals surface area contributed by atoms with Gasteiger partial charge in [-0.15, -0.1) is 10.2 Å². The summed E-state index contributed by atoms with van der Waals surface area (Å²) >= 11 is 1.61. The number of nitriles is 1. The number of aromatic nitrogens is 3. The molecular weight excluding hydrogens is 332 g/mol. The van der Waals surface area contributed by atoms with E-state index >= 15 is 0 Å². The van der Waals surface area contributed by atoms with Crippen molar-refractivity contribution in [1.82, 2.24) is 14.8 Å². The molecule has 0 saturated heterocycles. The summed E-state index contributed by atoms with van der Waals surface area (Å²) in [5.41, 5.74) is 2.69. The molecule has 0 fully saturated rings. The van der Waals surface area contributed by atoms with Crippen LogP contribution < -0.4 is 4.74 Å². The largest absolute Gasteiger partial charge is 0.496 e. The molecule has 3 aromatic rings. The van der Waals surface area contributed by atoms with Gasteiger partial charge in [-0.2, -0.15) is 5.26 Å². The van der Waals surface area contributed by atoms with Crippen molar-refractivity contribution in [3.63, 3.8) is 0 Å². The molecule has 0 aliphatic carbocycles. The minimum atomic E-state index is 0.671. The Morgan fingerprint density at radius 1 is 1.16 bits per heavy atom. The molecule has 1 heterocycles. The Labute approximate surface area is 151 Å². The molecule has 0 spiro atoms. The molecule has 0 N–H and O–H groups in total. The van der Waals surface area contributed by atoms with E-state index in [1.165, 1.54) is 0 Å². The van der Waals surface area contributed by atoms with E-state index in [4.69, 9.17) is 10.00 Å². The molecule has 3 rings (SSSR count). The highest BCUT2D eigenvalue weighted by molar-refractivity contribution is 7.98. The van der Waals surface area contributed by atoms with Gasteiger partial charge in [-0.1, -0.05) is 36.0 Å². The van der Waals surface area contributed by atoms with Gasteiger partial charge in [0.2, 0.25) is 0 Å². The van der Waals surface area contributed by atoms with E-state index in [1.54, 1.807) is 18.9 Å². The van der Waals surface area contributed by atoms with Crippen molar-refractivity contribution < 1.29 is 4.74 Å². The van der Waals surface area contributed by atoms with Crippen LogP contribution in [-0.4, -0.2) is 21.9 Å². The lowest BCUT2D eigenvalue weighted by molar-refractivity contribution is 0.416. The summed E-state index contributed by atoms with van der Waals surface area (Å²) in [5, 5.41) is 18.6. The number of methoxy groups -OCH3 is 1. The number of ether oxygens (including phenoxy) is 1. The fourth-order valence-corrected chi connectivity index (χ4v) is 3.53. The highest BCUT2D eigenvalue weighted by Crippen LogP contribution is 2.31. The van der Waals surface area contributed by atoms with Crippen LogP contribution in [-0.2, 0) is 12.3 Å². The molecule has 126 valence electrons. The second-order valence-electron chi connectivity index (χ2n) is 5.35. The van der Waals surface area contributed by atoms with Gasteiger partial charge in [0, 0.05) is 12.3 Å². The van der Waals surface area contributed by atoms with Crippen LogP contribution in [0.15, 0.2) is 53.7 Å². The molecule has 0 radical (unpaired) electrons. The third-order valence-corrected chi connectivity index (χ3v) is 4.84. The van der Waals surface area contributed by atoms with Gasteiger partial charge >= 0.3 is 0 Å². The second-order valence-corrected chi connectivity index (χ2v) is 6.29. The lowest BCUT2D eigenvalue weighted by Crippen LogP contribution is -2.01. The van der Waals surface area contributed by atoms with Crippen LogP contribution in [0.1, 0.15) is 18.1 Å². The molecule has 6 heteroatoms. The third-order valence-electron chi connectivity index (χ3n) is 3.80. The van der Waals surface area contributed by atoms with Gasteiger partial charge in [-0.3, -0.25) is 0 Å². The van der Waals surface area contributed by atoms with Crippen LogP contribution in [0.4, 0.5) is 0 Å². The molecule has 0 bridgehead atoms. The van der Waals surface area contributed by atoms with Crippen LogP contribution in [0.3, 0.4) is 0 Å². The first-order valence-electron chi connectivity index (χ1n) is 7.95. The summed E-state index contributed by atoms with van der Waals surface area (Å²) in [6.07, 6.45) is 0. The predicted molar refractivity (Wildman–Crippen MR) is 98.4 cm³/mol. The fraction of sp³-hybridized carbons (Fsp3) is 0.211. The number of rotatable bonds is 6. The summed E-state index contributed by atoms with van der Waals surface area (Å²) < 4.78 is 7.52. The van der Waals surface area contributed by atoms with E-state index in [-0.39, 0.29) is 0 Å². The number of hydrogen-bond donors (Lipinski definition) is 0. The van der Waals surface area contributed by atoms with Crippen molar-refractivity contribution in [2.75, 3.05) is 7.11 Å².